The van der Waals surface area contributed by atoms with Crippen molar-refractivity contribution in [3.05, 3.63) is 93.8 Å². The molecule has 3 heterocycles. The van der Waals surface area contributed by atoms with Crippen LogP contribution < -0.4 is 10.2 Å². The van der Waals surface area contributed by atoms with E-state index in [1.165, 1.54) is 24.1 Å². The molecule has 6 rings (SSSR count). The molecule has 1 N–H and O–H groups in total. The van der Waals surface area contributed by atoms with Gasteiger partial charge in [0.1, 0.15) is 0 Å². The molecule has 2 aromatic carbocycles. The maximum Gasteiger partial charge on any atom is 0.253 e. The number of piperidine rings is 2. The van der Waals surface area contributed by atoms with Crippen molar-refractivity contribution in [2.24, 2.45) is 5.41 Å². The number of halogens is 1. The Kier molecular flexibility index (Phi) is 7.06. The van der Waals surface area contributed by atoms with Crippen LogP contribution in [0.25, 0.3) is 0 Å². The van der Waals surface area contributed by atoms with Gasteiger partial charge in [-0.05, 0) is 97.9 Å². The van der Waals surface area contributed by atoms with E-state index in [9.17, 15) is 9.59 Å². The molecule has 7 heteroatoms. The van der Waals surface area contributed by atoms with E-state index in [-0.39, 0.29) is 17.9 Å². The standard InChI is InChI=1S/C32H35ClN4O2/c1-22-3-2-4-27(33)29(22)30(38)35-28-8-7-23-5-6-24(21-26(23)28)31(39)37-19-13-32(14-20-37)11-17-36(18-12-32)25-9-15-34-16-10-25/h2-6,9-10,15-16,21,28H,7-8,11-14,17-20H2,1H3,(H,35,38). The highest BCUT2D eigenvalue weighted by atomic mass is 35.5. The molecule has 2 saturated heterocycles. The minimum absolute atomic E-state index is 0.0980. The lowest BCUT2D eigenvalue weighted by Crippen LogP contribution is -2.48. The molecule has 39 heavy (non-hydrogen) atoms. The normalized spacial score (nSPS) is 20.1. The molecule has 0 bridgehead atoms. The molecule has 1 aliphatic carbocycles. The molecular weight excluding hydrogens is 508 g/mol. The number of anilines is 1. The number of pyridine rings is 1. The third-order valence-corrected chi connectivity index (χ3v) is 9.50. The zero-order valence-electron chi connectivity index (χ0n) is 22.5. The number of nitrogens with zero attached hydrogens (tertiary/aromatic N) is 3. The Morgan fingerprint density at radius 3 is 2.41 bits per heavy atom. The lowest BCUT2D eigenvalue weighted by Gasteiger charge is -2.47. The molecule has 202 valence electrons. The lowest BCUT2D eigenvalue weighted by atomic mass is 9.71. The molecule has 1 aromatic heterocycles. The van der Waals surface area contributed by atoms with Gasteiger partial charge in [0.25, 0.3) is 11.8 Å². The van der Waals surface area contributed by atoms with Gasteiger partial charge in [0, 0.05) is 49.8 Å². The largest absolute Gasteiger partial charge is 0.371 e. The lowest BCUT2D eigenvalue weighted by molar-refractivity contribution is 0.0515. The van der Waals surface area contributed by atoms with Gasteiger partial charge < -0.3 is 15.1 Å². The van der Waals surface area contributed by atoms with E-state index in [0.717, 1.165) is 63.0 Å². The smallest absolute Gasteiger partial charge is 0.253 e. The molecule has 0 saturated carbocycles. The number of benzene rings is 2. The van der Waals surface area contributed by atoms with Gasteiger partial charge in [-0.3, -0.25) is 14.6 Å². The Balaban J connectivity index is 1.09. The van der Waals surface area contributed by atoms with Gasteiger partial charge in [0.05, 0.1) is 16.6 Å². The predicted molar refractivity (Wildman–Crippen MR) is 154 cm³/mol. The van der Waals surface area contributed by atoms with Crippen LogP contribution in [0.3, 0.4) is 0 Å². The number of likely N-dealkylation sites (tertiary alicyclic amines) is 1. The Morgan fingerprint density at radius 2 is 1.69 bits per heavy atom. The number of aromatic nitrogens is 1. The molecule has 1 unspecified atom stereocenters. The number of nitrogens with one attached hydrogen (secondary N) is 1. The second-order valence-electron chi connectivity index (χ2n) is 11.4. The highest BCUT2D eigenvalue weighted by molar-refractivity contribution is 6.34. The number of rotatable bonds is 4. The van der Waals surface area contributed by atoms with Crippen LogP contribution in [0.1, 0.15) is 75.6 Å². The fourth-order valence-electron chi connectivity index (χ4n) is 6.70. The SMILES string of the molecule is Cc1cccc(Cl)c1C(=O)NC1CCc2ccc(C(=O)N3CCC4(CC3)CCN(c3ccncc3)CC4)cc21. The topological polar surface area (TPSA) is 65.5 Å². The van der Waals surface area contributed by atoms with Gasteiger partial charge in [-0.15, -0.1) is 0 Å². The fraction of sp³-hybridized carbons (Fsp3) is 0.406. The highest BCUT2D eigenvalue weighted by Gasteiger charge is 2.39. The van der Waals surface area contributed by atoms with Crippen LogP contribution in [0.2, 0.25) is 5.02 Å². The van der Waals surface area contributed by atoms with E-state index in [1.54, 1.807) is 6.07 Å². The van der Waals surface area contributed by atoms with Crippen molar-refractivity contribution in [1.82, 2.24) is 15.2 Å². The van der Waals surface area contributed by atoms with Crippen molar-refractivity contribution in [1.29, 1.82) is 0 Å². The number of carbonyl (C=O) groups is 2. The van der Waals surface area contributed by atoms with Gasteiger partial charge in [0.2, 0.25) is 0 Å². The molecule has 3 aliphatic rings. The first-order chi connectivity index (χ1) is 18.9. The van der Waals surface area contributed by atoms with Gasteiger partial charge in [-0.1, -0.05) is 29.8 Å². The van der Waals surface area contributed by atoms with Crippen molar-refractivity contribution < 1.29 is 9.59 Å². The highest BCUT2D eigenvalue weighted by Crippen LogP contribution is 2.42. The minimum Gasteiger partial charge on any atom is -0.371 e. The number of fused-ring (bicyclic) bond motifs is 1. The zero-order chi connectivity index (χ0) is 27.0. The first-order valence-electron chi connectivity index (χ1n) is 14.1. The van der Waals surface area contributed by atoms with Crippen molar-refractivity contribution >= 4 is 29.1 Å². The van der Waals surface area contributed by atoms with Crippen LogP contribution in [0.15, 0.2) is 60.9 Å². The van der Waals surface area contributed by atoms with Crippen LogP contribution in [-0.4, -0.2) is 47.9 Å². The summed E-state index contributed by atoms with van der Waals surface area (Å²) in [5.41, 5.74) is 5.93. The van der Waals surface area contributed by atoms with E-state index in [0.29, 0.717) is 21.6 Å². The number of hydrogen-bond donors (Lipinski definition) is 1. The van der Waals surface area contributed by atoms with Gasteiger partial charge >= 0.3 is 0 Å². The number of hydrogen-bond acceptors (Lipinski definition) is 4. The summed E-state index contributed by atoms with van der Waals surface area (Å²) < 4.78 is 0. The maximum absolute atomic E-state index is 13.6. The second-order valence-corrected chi connectivity index (χ2v) is 11.8. The van der Waals surface area contributed by atoms with E-state index in [1.807, 2.05) is 48.5 Å². The van der Waals surface area contributed by atoms with Crippen LogP contribution >= 0.6 is 11.6 Å². The van der Waals surface area contributed by atoms with Crippen molar-refractivity contribution in [3.63, 3.8) is 0 Å². The molecule has 2 fully saturated rings. The van der Waals surface area contributed by atoms with E-state index in [2.05, 4.69) is 33.4 Å². The summed E-state index contributed by atoms with van der Waals surface area (Å²) in [4.78, 5) is 35.3. The Hall–Kier alpha value is -3.38. The van der Waals surface area contributed by atoms with E-state index in [4.69, 9.17) is 11.6 Å². The summed E-state index contributed by atoms with van der Waals surface area (Å²) in [6.45, 7) is 5.62. The van der Waals surface area contributed by atoms with E-state index >= 15 is 0 Å². The minimum atomic E-state index is -0.163. The van der Waals surface area contributed by atoms with Crippen LogP contribution in [0.4, 0.5) is 5.69 Å². The predicted octanol–water partition coefficient (Wildman–Crippen LogP) is 5.98. The molecule has 2 amide bonds. The zero-order valence-corrected chi connectivity index (χ0v) is 23.2. The molecular formula is C32H35ClN4O2. The third kappa shape index (κ3) is 5.14. The quantitative estimate of drug-likeness (QED) is 0.440. The summed E-state index contributed by atoms with van der Waals surface area (Å²) in [5.74, 6) is -0.0650. The Bertz CT molecular complexity index is 1350. The van der Waals surface area contributed by atoms with Crippen LogP contribution in [0, 0.1) is 12.3 Å². The molecule has 6 nitrogen and oxygen atoms in total. The molecule has 1 atom stereocenters. The Labute approximate surface area is 235 Å². The van der Waals surface area contributed by atoms with Crippen molar-refractivity contribution in [2.75, 3.05) is 31.1 Å². The third-order valence-electron chi connectivity index (χ3n) is 9.19. The Morgan fingerprint density at radius 1 is 0.974 bits per heavy atom. The second kappa shape index (κ2) is 10.6. The molecule has 3 aromatic rings. The van der Waals surface area contributed by atoms with Crippen LogP contribution in [-0.2, 0) is 6.42 Å². The van der Waals surface area contributed by atoms with E-state index < -0.39 is 0 Å². The van der Waals surface area contributed by atoms with Crippen molar-refractivity contribution in [3.8, 4) is 0 Å². The molecule has 2 aliphatic heterocycles. The fourth-order valence-corrected chi connectivity index (χ4v) is 7.00. The van der Waals surface area contributed by atoms with Crippen molar-refractivity contribution in [2.45, 2.75) is 51.5 Å². The van der Waals surface area contributed by atoms with Gasteiger partial charge in [-0.25, -0.2) is 0 Å². The number of carbonyl (C=O) groups excluding carboxylic acids is 2. The summed E-state index contributed by atoms with van der Waals surface area (Å²) in [6, 6.07) is 15.6. The summed E-state index contributed by atoms with van der Waals surface area (Å²) in [6.07, 6.45) is 9.89. The average Bonchev–Trinajstić information content (AvgIpc) is 3.35. The van der Waals surface area contributed by atoms with Crippen LogP contribution in [0.5, 0.6) is 0 Å². The summed E-state index contributed by atoms with van der Waals surface area (Å²) >= 11 is 6.34. The first kappa shape index (κ1) is 25.9. The molecule has 1 spiro atoms. The molecule has 0 radical (unpaired) electrons. The number of aryl methyl sites for hydroxylation is 2. The summed E-state index contributed by atoms with van der Waals surface area (Å²) in [5, 5.41) is 3.64. The maximum atomic E-state index is 13.6. The average molecular weight is 543 g/mol. The monoisotopic (exact) mass is 542 g/mol. The van der Waals surface area contributed by atoms with Gasteiger partial charge in [0.15, 0.2) is 0 Å². The van der Waals surface area contributed by atoms with Gasteiger partial charge in [-0.2, -0.15) is 0 Å². The summed E-state index contributed by atoms with van der Waals surface area (Å²) in [7, 11) is 0. The first-order valence-corrected chi connectivity index (χ1v) is 14.4. The number of amides is 2.